The van der Waals surface area contributed by atoms with Gasteiger partial charge in [-0.3, -0.25) is 0 Å². The van der Waals surface area contributed by atoms with Crippen molar-refractivity contribution in [2.45, 2.75) is 25.3 Å². The molecule has 0 aromatic heterocycles. The normalized spacial score (nSPS) is 11.9. The van der Waals surface area contributed by atoms with Crippen molar-refractivity contribution in [1.82, 2.24) is 0 Å². The van der Waals surface area contributed by atoms with Crippen LogP contribution < -0.4 is 9.47 Å². The molecule has 0 aliphatic carbocycles. The van der Waals surface area contributed by atoms with E-state index in [1.54, 1.807) is 0 Å². The Kier molecular flexibility index (Phi) is 11.2. The molecule has 284 valence electrons. The molecule has 2 nitrogen and oxygen atoms in total. The number of ether oxygens (including phenoxy) is 2. The lowest BCUT2D eigenvalue weighted by atomic mass is 9.98. The highest BCUT2D eigenvalue weighted by Gasteiger charge is 2.41. The van der Waals surface area contributed by atoms with Gasteiger partial charge < -0.3 is 9.47 Å². The van der Waals surface area contributed by atoms with Crippen LogP contribution in [0.5, 0.6) is 11.5 Å². The van der Waals surface area contributed by atoms with Crippen LogP contribution in [0.25, 0.3) is 33.4 Å². The predicted molar refractivity (Wildman–Crippen MR) is 164 cm³/mol. The van der Waals surface area contributed by atoms with Crippen LogP contribution in [0, 0.1) is 46.5 Å². The van der Waals surface area contributed by atoms with Crippen LogP contribution in [0.15, 0.2) is 78.9 Å². The van der Waals surface area contributed by atoms with Gasteiger partial charge in [-0.1, -0.05) is 11.6 Å². The van der Waals surface area contributed by atoms with Gasteiger partial charge in [0, 0.05) is 11.6 Å². The number of halogens is 16. The highest BCUT2D eigenvalue weighted by molar-refractivity contribution is 6.31. The lowest BCUT2D eigenvalue weighted by Crippen LogP contribution is -2.24. The van der Waals surface area contributed by atoms with E-state index < -0.39 is 121 Å². The summed E-state index contributed by atoms with van der Waals surface area (Å²) in [6.45, 7) is 0. The second-order valence-electron chi connectivity index (χ2n) is 11.2. The van der Waals surface area contributed by atoms with Gasteiger partial charge in [-0.05, 0) is 102 Å². The quantitative estimate of drug-likeness (QED) is 0.131. The molecule has 0 saturated carbocycles. The van der Waals surface area contributed by atoms with Crippen molar-refractivity contribution in [3.05, 3.63) is 142 Å². The molecule has 0 atom stereocenters. The maximum Gasteiger partial charge on any atom is 0.573 e. The number of rotatable bonds is 10. The van der Waals surface area contributed by atoms with Crippen molar-refractivity contribution in [2.75, 3.05) is 0 Å². The molecule has 0 spiro atoms. The molecule has 0 N–H and O–H groups in total. The van der Waals surface area contributed by atoms with E-state index in [9.17, 15) is 39.5 Å². The summed E-state index contributed by atoms with van der Waals surface area (Å²) in [5.74, 6) is -15.8. The third-order valence-corrected chi connectivity index (χ3v) is 7.80. The van der Waals surface area contributed by atoms with Crippen molar-refractivity contribution in [3.8, 4) is 44.9 Å². The first-order valence-electron chi connectivity index (χ1n) is 14.7. The minimum absolute atomic E-state index is 0.0413. The molecule has 5 aromatic rings. The molecule has 0 aliphatic heterocycles. The molecule has 18 heteroatoms. The van der Waals surface area contributed by atoms with Crippen LogP contribution >= 0.6 is 11.6 Å². The van der Waals surface area contributed by atoms with Crippen molar-refractivity contribution in [1.29, 1.82) is 0 Å². The molecule has 0 unspecified atom stereocenters. The minimum Gasteiger partial charge on any atom is -0.429 e. The zero-order valence-electron chi connectivity index (χ0n) is 26.2. The van der Waals surface area contributed by atoms with Crippen LogP contribution in [0.2, 0.25) is 5.02 Å². The molecule has 5 aromatic carbocycles. The topological polar surface area (TPSA) is 18.5 Å². The average molecular weight is 801 g/mol. The summed E-state index contributed by atoms with van der Waals surface area (Å²) in [5.41, 5.74) is -6.46. The molecule has 0 heterocycles. The van der Waals surface area contributed by atoms with Crippen molar-refractivity contribution in [2.24, 2.45) is 0 Å². The number of allylic oxidation sites excluding steroid dienone is 1. The zero-order chi connectivity index (χ0) is 39.9. The van der Waals surface area contributed by atoms with Crippen LogP contribution in [0.1, 0.15) is 17.5 Å². The second kappa shape index (κ2) is 15.2. The van der Waals surface area contributed by atoms with Crippen molar-refractivity contribution in [3.63, 3.8) is 0 Å². The van der Waals surface area contributed by atoms with Crippen LogP contribution in [-0.4, -0.2) is 6.36 Å². The van der Waals surface area contributed by atoms with E-state index in [0.717, 1.165) is 12.1 Å². The summed E-state index contributed by atoms with van der Waals surface area (Å²) in [6.07, 6.45) is -12.1. The summed E-state index contributed by atoms with van der Waals surface area (Å²) in [7, 11) is 0. The highest BCUT2D eigenvalue weighted by Crippen LogP contribution is 2.42. The number of aryl methyl sites for hydroxylation is 1. The molecular formula is C36H16ClF15O2. The Morgan fingerprint density at radius 1 is 0.574 bits per heavy atom. The summed E-state index contributed by atoms with van der Waals surface area (Å²) >= 11 is 5.88. The first-order valence-corrected chi connectivity index (χ1v) is 15.1. The van der Waals surface area contributed by atoms with E-state index in [2.05, 4.69) is 9.47 Å². The van der Waals surface area contributed by atoms with Gasteiger partial charge >= 0.3 is 12.5 Å². The van der Waals surface area contributed by atoms with Gasteiger partial charge in [0.05, 0.1) is 16.1 Å². The largest absolute Gasteiger partial charge is 0.573 e. The summed E-state index contributed by atoms with van der Waals surface area (Å²) in [5, 5.41) is -1.09. The van der Waals surface area contributed by atoms with Crippen LogP contribution in [0.3, 0.4) is 0 Å². The fourth-order valence-electron chi connectivity index (χ4n) is 5.30. The molecule has 0 radical (unpaired) electrons. The smallest absolute Gasteiger partial charge is 0.429 e. The number of hydrogen-bond acceptors (Lipinski definition) is 2. The van der Waals surface area contributed by atoms with E-state index in [1.807, 2.05) is 0 Å². The molecule has 0 bridgehead atoms. The molecule has 0 fully saturated rings. The molecule has 5 rings (SSSR count). The number of alkyl halides is 5. The lowest BCUT2D eigenvalue weighted by molar-refractivity contribution is -0.276. The van der Waals surface area contributed by atoms with E-state index >= 15 is 26.3 Å². The third-order valence-electron chi connectivity index (χ3n) is 7.50. The molecule has 54 heavy (non-hydrogen) atoms. The van der Waals surface area contributed by atoms with E-state index in [0.29, 0.717) is 48.5 Å². The molecule has 0 saturated heterocycles. The summed E-state index contributed by atoms with van der Waals surface area (Å²) in [4.78, 5) is 0. The highest BCUT2D eigenvalue weighted by atomic mass is 35.5. The maximum absolute atomic E-state index is 15.2. The van der Waals surface area contributed by atoms with E-state index in [-0.39, 0.29) is 30.5 Å². The van der Waals surface area contributed by atoms with Crippen LogP contribution in [-0.2, 0) is 12.5 Å². The maximum atomic E-state index is 15.2. The van der Waals surface area contributed by atoms with Gasteiger partial charge in [0.1, 0.15) is 46.2 Å². The summed E-state index contributed by atoms with van der Waals surface area (Å²) in [6, 6.07) is 5.35. The van der Waals surface area contributed by atoms with E-state index in [4.69, 9.17) is 11.6 Å². The first kappa shape index (κ1) is 39.9. The van der Waals surface area contributed by atoms with Gasteiger partial charge in [-0.15, -0.1) is 13.2 Å². The Bertz CT molecular complexity index is 2190. The second-order valence-corrected chi connectivity index (χ2v) is 11.6. The molecular weight excluding hydrogens is 785 g/mol. The predicted octanol–water partition coefficient (Wildman–Crippen LogP) is 13.2. The Morgan fingerprint density at radius 2 is 1.07 bits per heavy atom. The van der Waals surface area contributed by atoms with Gasteiger partial charge in [0.25, 0.3) is 6.08 Å². The molecule has 0 amide bonds. The number of hydrogen-bond donors (Lipinski definition) is 0. The Hall–Kier alpha value is -5.32. The number of benzene rings is 5. The van der Waals surface area contributed by atoms with Gasteiger partial charge in [-0.25, -0.2) is 35.1 Å². The van der Waals surface area contributed by atoms with Crippen molar-refractivity contribution >= 4 is 11.6 Å². The lowest BCUT2D eigenvalue weighted by Gasteiger charge is -2.21. The Labute approximate surface area is 298 Å². The van der Waals surface area contributed by atoms with Crippen LogP contribution in [0.4, 0.5) is 65.9 Å². The zero-order valence-corrected chi connectivity index (χ0v) is 27.0. The molecule has 0 aliphatic rings. The fraction of sp³-hybridized carbons (Fsp3) is 0.111. The summed E-state index contributed by atoms with van der Waals surface area (Å²) < 4.78 is 218. The Morgan fingerprint density at radius 3 is 1.57 bits per heavy atom. The van der Waals surface area contributed by atoms with Gasteiger partial charge in [0.15, 0.2) is 11.6 Å². The third kappa shape index (κ3) is 8.72. The standard InChI is InChI=1S/C36H16ClF15O2/c37-21-8-17(31-23(39)6-15(7-24(31)40)2-1-3-30(46)47)11-27(43)33(21)35(48,49)53-19-4-5-20(22(38)14-19)16-9-25(41)32(26(42)10-16)18-12-28(44)34(29(45)13-18)54-36(50,51)52/h3-14H,1-2H2. The first-order chi connectivity index (χ1) is 25.1. The average Bonchev–Trinajstić information content (AvgIpc) is 3.01. The monoisotopic (exact) mass is 800 g/mol. The Balaban J connectivity index is 1.39. The van der Waals surface area contributed by atoms with Crippen molar-refractivity contribution < 1.29 is 75.3 Å². The SMILES string of the molecule is FC(F)=CCCc1cc(F)c(-c2cc(F)c(C(F)(F)Oc3ccc(-c4cc(F)c(-c5cc(F)c(OC(F)(F)F)c(F)c5)c(F)c4)c(F)c3)c(Cl)c2)c(F)c1. The minimum atomic E-state index is -5.50. The fourth-order valence-corrected chi connectivity index (χ4v) is 5.62. The van der Waals surface area contributed by atoms with E-state index in [1.165, 1.54) is 0 Å². The van der Waals surface area contributed by atoms with Gasteiger partial charge in [-0.2, -0.15) is 17.6 Å². The van der Waals surface area contributed by atoms with Gasteiger partial charge in [0.2, 0.25) is 5.75 Å².